The van der Waals surface area contributed by atoms with E-state index in [0.29, 0.717) is 18.0 Å². The maximum absolute atomic E-state index is 12.5. The number of carbonyl (C=O) groups is 2. The van der Waals surface area contributed by atoms with Crippen molar-refractivity contribution in [3.8, 4) is 11.5 Å². The quantitative estimate of drug-likeness (QED) is 0.591. The van der Waals surface area contributed by atoms with Crippen LogP contribution in [-0.2, 0) is 20.9 Å². The lowest BCUT2D eigenvalue weighted by Crippen LogP contribution is -2.36. The van der Waals surface area contributed by atoms with Crippen LogP contribution in [0.25, 0.3) is 0 Å². The van der Waals surface area contributed by atoms with Gasteiger partial charge in [0.25, 0.3) is 0 Å². The first-order valence-corrected chi connectivity index (χ1v) is 7.81. The van der Waals surface area contributed by atoms with E-state index in [-0.39, 0.29) is 25.2 Å². The zero-order valence-electron chi connectivity index (χ0n) is 14.5. The van der Waals surface area contributed by atoms with Crippen LogP contribution in [-0.4, -0.2) is 37.2 Å². The van der Waals surface area contributed by atoms with E-state index in [9.17, 15) is 9.59 Å². The van der Waals surface area contributed by atoms with Gasteiger partial charge in [-0.3, -0.25) is 9.59 Å². The van der Waals surface area contributed by atoms with Gasteiger partial charge in [-0.25, -0.2) is 0 Å². The average molecular weight is 333 g/mol. The van der Waals surface area contributed by atoms with E-state index >= 15 is 0 Å². The van der Waals surface area contributed by atoms with Crippen LogP contribution in [0, 0.1) is 5.92 Å². The van der Waals surface area contributed by atoms with E-state index in [4.69, 9.17) is 14.2 Å². The highest BCUT2D eigenvalue weighted by Gasteiger charge is 2.22. The van der Waals surface area contributed by atoms with Crippen LogP contribution in [0.3, 0.4) is 0 Å². The number of fused-ring (bicyclic) bond motifs is 1. The van der Waals surface area contributed by atoms with Gasteiger partial charge in [-0.05, 0) is 31.5 Å². The molecule has 1 amide bonds. The summed E-state index contributed by atoms with van der Waals surface area (Å²) in [7, 11) is 1.35. The lowest BCUT2D eigenvalue weighted by molar-refractivity contribution is -0.146. The molecule has 0 fully saturated rings. The van der Waals surface area contributed by atoms with Crippen LogP contribution in [0.15, 0.2) is 29.8 Å². The highest BCUT2D eigenvalue weighted by molar-refractivity contribution is 5.88. The second-order valence-electron chi connectivity index (χ2n) is 6.05. The highest BCUT2D eigenvalue weighted by Crippen LogP contribution is 2.32. The standard InChI is InChI=1S/C18H23NO5/c1-12(2)7-17(20)19(9-13(3)18(21)22-4)10-14-5-6-15-16(8-14)24-11-23-15/h5-8,13H,9-11H2,1-4H3. The third kappa shape index (κ3) is 4.50. The molecule has 0 spiro atoms. The molecule has 1 aromatic rings. The van der Waals surface area contributed by atoms with Crippen molar-refractivity contribution < 1.29 is 23.8 Å². The second kappa shape index (κ2) is 7.86. The summed E-state index contributed by atoms with van der Waals surface area (Å²) in [5.41, 5.74) is 1.81. The maximum Gasteiger partial charge on any atom is 0.310 e. The molecule has 0 bridgehead atoms. The van der Waals surface area contributed by atoms with Gasteiger partial charge in [-0.15, -0.1) is 0 Å². The lowest BCUT2D eigenvalue weighted by atomic mass is 10.1. The number of ether oxygens (including phenoxy) is 3. The predicted molar refractivity (Wildman–Crippen MR) is 88.6 cm³/mol. The molecule has 0 saturated heterocycles. The van der Waals surface area contributed by atoms with Crippen molar-refractivity contribution >= 4 is 11.9 Å². The van der Waals surface area contributed by atoms with Gasteiger partial charge in [0.2, 0.25) is 12.7 Å². The van der Waals surface area contributed by atoms with Crippen LogP contribution in [0.4, 0.5) is 0 Å². The molecule has 1 atom stereocenters. The molecular weight excluding hydrogens is 310 g/mol. The molecular formula is C18H23NO5. The minimum atomic E-state index is -0.404. The first-order chi connectivity index (χ1) is 11.4. The molecule has 0 N–H and O–H groups in total. The Morgan fingerprint density at radius 3 is 2.67 bits per heavy atom. The highest BCUT2D eigenvalue weighted by atomic mass is 16.7. The molecule has 1 heterocycles. The summed E-state index contributed by atoms with van der Waals surface area (Å²) >= 11 is 0. The average Bonchev–Trinajstić information content (AvgIpc) is 3.00. The Morgan fingerprint density at radius 1 is 1.29 bits per heavy atom. The van der Waals surface area contributed by atoms with Gasteiger partial charge in [0, 0.05) is 19.2 Å². The minimum absolute atomic E-state index is 0.136. The number of allylic oxidation sites excluding steroid dienone is 1. The van der Waals surface area contributed by atoms with E-state index in [2.05, 4.69) is 0 Å². The number of rotatable bonds is 6. The molecule has 6 heteroatoms. The molecule has 6 nitrogen and oxygen atoms in total. The number of esters is 1. The van der Waals surface area contributed by atoms with E-state index in [0.717, 1.165) is 11.1 Å². The molecule has 0 radical (unpaired) electrons. The van der Waals surface area contributed by atoms with E-state index in [1.807, 2.05) is 32.0 Å². The zero-order valence-corrected chi connectivity index (χ0v) is 14.5. The Labute approximate surface area is 142 Å². The van der Waals surface area contributed by atoms with E-state index in [1.54, 1.807) is 17.9 Å². The Morgan fingerprint density at radius 2 is 2.00 bits per heavy atom. The predicted octanol–water partition coefficient (Wildman–Crippen LogP) is 2.52. The largest absolute Gasteiger partial charge is 0.469 e. The Hall–Kier alpha value is -2.50. The molecule has 1 aromatic carbocycles. The maximum atomic E-state index is 12.5. The number of hydrogen-bond donors (Lipinski definition) is 0. The molecule has 1 aliphatic rings. The number of hydrogen-bond acceptors (Lipinski definition) is 5. The van der Waals surface area contributed by atoms with Gasteiger partial charge >= 0.3 is 5.97 Å². The summed E-state index contributed by atoms with van der Waals surface area (Å²) in [6.07, 6.45) is 1.57. The van der Waals surface area contributed by atoms with Crippen molar-refractivity contribution in [1.29, 1.82) is 0 Å². The van der Waals surface area contributed by atoms with E-state index < -0.39 is 5.92 Å². The summed E-state index contributed by atoms with van der Waals surface area (Å²) in [4.78, 5) is 25.8. The Kier molecular flexibility index (Phi) is 5.84. The van der Waals surface area contributed by atoms with Crippen LogP contribution >= 0.6 is 0 Å². The van der Waals surface area contributed by atoms with Crippen molar-refractivity contribution in [3.63, 3.8) is 0 Å². The van der Waals surface area contributed by atoms with Gasteiger partial charge in [-0.2, -0.15) is 0 Å². The molecule has 0 aromatic heterocycles. The summed E-state index contributed by atoms with van der Waals surface area (Å²) < 4.78 is 15.4. The molecule has 0 saturated carbocycles. The van der Waals surface area contributed by atoms with Gasteiger partial charge in [0.15, 0.2) is 11.5 Å². The van der Waals surface area contributed by atoms with Crippen molar-refractivity contribution in [2.24, 2.45) is 5.92 Å². The van der Waals surface area contributed by atoms with Crippen molar-refractivity contribution in [2.75, 3.05) is 20.4 Å². The molecule has 0 aliphatic carbocycles. The Balaban J connectivity index is 2.17. The fourth-order valence-electron chi connectivity index (χ4n) is 2.44. The SMILES string of the molecule is COC(=O)C(C)CN(Cc1ccc2c(c1)OCO2)C(=O)C=C(C)C. The fraction of sp³-hybridized carbons (Fsp3) is 0.444. The van der Waals surface area contributed by atoms with Gasteiger partial charge in [0.05, 0.1) is 13.0 Å². The second-order valence-corrected chi connectivity index (χ2v) is 6.05. The molecule has 1 aliphatic heterocycles. The Bertz CT molecular complexity index is 649. The first-order valence-electron chi connectivity index (χ1n) is 7.81. The summed E-state index contributed by atoms with van der Waals surface area (Å²) in [5.74, 6) is 0.490. The summed E-state index contributed by atoms with van der Waals surface area (Å²) in [5, 5.41) is 0. The number of benzene rings is 1. The van der Waals surface area contributed by atoms with E-state index in [1.165, 1.54) is 7.11 Å². The van der Waals surface area contributed by atoms with Gasteiger partial charge in [-0.1, -0.05) is 18.6 Å². The van der Waals surface area contributed by atoms with Gasteiger partial charge in [0.1, 0.15) is 0 Å². The zero-order chi connectivity index (χ0) is 17.7. The topological polar surface area (TPSA) is 65.1 Å². The summed E-state index contributed by atoms with van der Waals surface area (Å²) in [6, 6.07) is 5.57. The normalized spacial score (nSPS) is 13.2. The number of methoxy groups -OCH3 is 1. The first kappa shape index (κ1) is 17.8. The molecule has 2 rings (SSSR count). The van der Waals surface area contributed by atoms with Crippen LogP contribution in [0.5, 0.6) is 11.5 Å². The summed E-state index contributed by atoms with van der Waals surface area (Å²) in [6.45, 7) is 6.33. The third-order valence-electron chi connectivity index (χ3n) is 3.63. The molecule has 24 heavy (non-hydrogen) atoms. The van der Waals surface area contributed by atoms with Gasteiger partial charge < -0.3 is 19.1 Å². The van der Waals surface area contributed by atoms with Crippen LogP contribution in [0.2, 0.25) is 0 Å². The van der Waals surface area contributed by atoms with Crippen molar-refractivity contribution in [2.45, 2.75) is 27.3 Å². The number of amides is 1. The smallest absolute Gasteiger partial charge is 0.310 e. The lowest BCUT2D eigenvalue weighted by Gasteiger charge is -2.24. The fourth-order valence-corrected chi connectivity index (χ4v) is 2.44. The number of carbonyl (C=O) groups excluding carboxylic acids is 2. The third-order valence-corrected chi connectivity index (χ3v) is 3.63. The van der Waals surface area contributed by atoms with Crippen molar-refractivity contribution in [1.82, 2.24) is 4.90 Å². The molecule has 1 unspecified atom stereocenters. The number of nitrogens with zero attached hydrogens (tertiary/aromatic N) is 1. The van der Waals surface area contributed by atoms with Crippen LogP contribution < -0.4 is 9.47 Å². The molecule has 130 valence electrons. The monoisotopic (exact) mass is 333 g/mol. The minimum Gasteiger partial charge on any atom is -0.469 e. The van der Waals surface area contributed by atoms with Crippen LogP contribution in [0.1, 0.15) is 26.3 Å². The van der Waals surface area contributed by atoms with Crippen molar-refractivity contribution in [3.05, 3.63) is 35.4 Å².